The first-order valence-corrected chi connectivity index (χ1v) is 5.55. The van der Waals surface area contributed by atoms with Crippen molar-refractivity contribution in [3.63, 3.8) is 0 Å². The van der Waals surface area contributed by atoms with Gasteiger partial charge in [0.2, 0.25) is 5.95 Å². The predicted octanol–water partition coefficient (Wildman–Crippen LogP) is 1.48. The minimum atomic E-state index is -0.904. The van der Waals surface area contributed by atoms with Crippen LogP contribution in [0.3, 0.4) is 0 Å². The van der Waals surface area contributed by atoms with Crippen molar-refractivity contribution < 1.29 is 13.7 Å². The Kier molecular flexibility index (Phi) is 5.16. The van der Waals surface area contributed by atoms with Gasteiger partial charge in [0.15, 0.2) is 5.82 Å². The third-order valence-corrected chi connectivity index (χ3v) is 2.46. The third kappa shape index (κ3) is 4.16. The molecule has 0 aliphatic rings. The highest BCUT2D eigenvalue weighted by Gasteiger charge is 2.14. The predicted molar refractivity (Wildman–Crippen MR) is 64.4 cm³/mol. The topological polar surface area (TPSA) is 71.3 Å². The van der Waals surface area contributed by atoms with Crippen molar-refractivity contribution in [2.45, 2.75) is 13.5 Å². The van der Waals surface area contributed by atoms with E-state index in [-0.39, 0.29) is 17.9 Å². The number of halogens is 2. The minimum absolute atomic E-state index is 0.0517. The van der Waals surface area contributed by atoms with Crippen LogP contribution in [-0.2, 0) is 6.54 Å². The molecule has 104 valence electrons. The maximum Gasteiger partial charge on any atom is 0.274 e. The van der Waals surface area contributed by atoms with Crippen LogP contribution in [-0.4, -0.2) is 28.4 Å². The Bertz CT molecular complexity index is 494. The van der Waals surface area contributed by atoms with Gasteiger partial charge in [0.1, 0.15) is 5.82 Å². The molecule has 0 aliphatic heterocycles. The van der Waals surface area contributed by atoms with Crippen molar-refractivity contribution >= 4 is 0 Å². The molecule has 19 heavy (non-hydrogen) atoms. The molecule has 8 heteroatoms. The quantitative estimate of drug-likeness (QED) is 0.482. The van der Waals surface area contributed by atoms with Gasteiger partial charge in [-0.1, -0.05) is 0 Å². The van der Waals surface area contributed by atoms with E-state index in [1.165, 1.54) is 7.05 Å². The molecule has 1 rings (SSSR count). The second kappa shape index (κ2) is 6.62. The minimum Gasteiger partial charge on any atom is -0.370 e. The molecule has 6 nitrogen and oxygen atoms in total. The van der Waals surface area contributed by atoms with E-state index >= 15 is 0 Å². The van der Waals surface area contributed by atoms with Crippen LogP contribution in [0.1, 0.15) is 12.5 Å². The maximum absolute atomic E-state index is 13.5. The zero-order chi connectivity index (χ0) is 14.4. The molecule has 0 saturated carbocycles. The second-order valence-corrected chi connectivity index (χ2v) is 3.66. The van der Waals surface area contributed by atoms with Gasteiger partial charge in [-0.05, 0) is 6.92 Å². The van der Waals surface area contributed by atoms with Crippen molar-refractivity contribution in [2.24, 2.45) is 0 Å². The molecule has 0 fully saturated rings. The van der Waals surface area contributed by atoms with Gasteiger partial charge in [-0.25, -0.2) is 9.37 Å². The number of pyridine rings is 1. The number of hydrogen-bond donors (Lipinski definition) is 1. The van der Waals surface area contributed by atoms with Gasteiger partial charge in [0.05, 0.1) is 4.92 Å². The molecule has 0 aliphatic carbocycles. The fraction of sp³-hybridized carbons (Fsp3) is 0.364. The molecule has 0 radical (unpaired) electrons. The van der Waals surface area contributed by atoms with Crippen LogP contribution in [0.25, 0.3) is 0 Å². The van der Waals surface area contributed by atoms with E-state index in [1.54, 1.807) is 11.8 Å². The molecular formula is C11H14F2N4O2. The van der Waals surface area contributed by atoms with Gasteiger partial charge >= 0.3 is 0 Å². The molecule has 0 bridgehead atoms. The lowest BCUT2D eigenvalue weighted by molar-refractivity contribution is -0.404. The van der Waals surface area contributed by atoms with Gasteiger partial charge in [-0.2, -0.15) is 4.39 Å². The summed E-state index contributed by atoms with van der Waals surface area (Å²) in [5.41, 5.74) is 0.160. The number of nitrogens with one attached hydrogen (secondary N) is 1. The van der Waals surface area contributed by atoms with E-state index in [0.717, 1.165) is 12.4 Å². The number of nitro groups is 1. The summed E-state index contributed by atoms with van der Waals surface area (Å²) in [4.78, 5) is 14.8. The van der Waals surface area contributed by atoms with Gasteiger partial charge in [0.25, 0.3) is 6.20 Å². The van der Waals surface area contributed by atoms with Crippen molar-refractivity contribution in [3.8, 4) is 0 Å². The largest absolute Gasteiger partial charge is 0.370 e. The third-order valence-electron chi connectivity index (χ3n) is 2.46. The smallest absolute Gasteiger partial charge is 0.274 e. The lowest BCUT2D eigenvalue weighted by atomic mass is 10.2. The van der Waals surface area contributed by atoms with Crippen molar-refractivity contribution in [2.75, 3.05) is 13.6 Å². The lowest BCUT2D eigenvalue weighted by Gasteiger charge is -2.23. The van der Waals surface area contributed by atoms with Crippen LogP contribution >= 0.6 is 0 Å². The molecule has 0 unspecified atom stereocenters. The van der Waals surface area contributed by atoms with E-state index in [9.17, 15) is 18.9 Å². The Morgan fingerprint density at radius 3 is 2.79 bits per heavy atom. The number of hydrogen-bond acceptors (Lipinski definition) is 5. The summed E-state index contributed by atoms with van der Waals surface area (Å²) in [7, 11) is 1.53. The fourth-order valence-corrected chi connectivity index (χ4v) is 1.53. The Hall–Kier alpha value is -2.25. The highest BCUT2D eigenvalue weighted by Crippen LogP contribution is 2.12. The number of nitrogens with zero attached hydrogens (tertiary/aromatic N) is 3. The Morgan fingerprint density at radius 1 is 1.63 bits per heavy atom. The Morgan fingerprint density at radius 2 is 2.32 bits per heavy atom. The molecule has 1 aromatic heterocycles. The van der Waals surface area contributed by atoms with Gasteiger partial charge in [0, 0.05) is 38.0 Å². The zero-order valence-corrected chi connectivity index (χ0v) is 10.6. The summed E-state index contributed by atoms with van der Waals surface area (Å²) < 4.78 is 26.2. The normalized spacial score (nSPS) is 11.3. The first kappa shape index (κ1) is 14.8. The molecule has 1 N–H and O–H groups in total. The molecule has 0 amide bonds. The first-order valence-electron chi connectivity index (χ1n) is 5.55. The van der Waals surface area contributed by atoms with E-state index in [1.807, 2.05) is 0 Å². The monoisotopic (exact) mass is 272 g/mol. The summed E-state index contributed by atoms with van der Waals surface area (Å²) in [6, 6.07) is 0.680. The van der Waals surface area contributed by atoms with E-state index in [4.69, 9.17) is 0 Å². The summed E-state index contributed by atoms with van der Waals surface area (Å²) in [6.45, 7) is 2.23. The number of rotatable bonds is 6. The standard InChI is InChI=1S/C11H14F2N4O2/c1-3-16(11(14-2)7-17(18)19)6-8-5-15-10(13)4-9(8)12/h4-5,7,14H,3,6H2,1-2H3/b11-7+. The molecule has 0 atom stereocenters. The first-order chi connectivity index (χ1) is 8.97. The lowest BCUT2D eigenvalue weighted by Crippen LogP contribution is -2.30. The molecule has 0 saturated heterocycles. The maximum atomic E-state index is 13.5. The molecule has 1 aromatic rings. The molecule has 1 heterocycles. The fourth-order valence-electron chi connectivity index (χ4n) is 1.53. The van der Waals surface area contributed by atoms with Crippen LogP contribution in [0.2, 0.25) is 0 Å². The van der Waals surface area contributed by atoms with E-state index < -0.39 is 16.7 Å². The molecule has 0 spiro atoms. The van der Waals surface area contributed by atoms with Crippen molar-refractivity contribution in [3.05, 3.63) is 51.7 Å². The summed E-state index contributed by atoms with van der Waals surface area (Å²) in [5, 5.41) is 13.1. The van der Waals surface area contributed by atoms with Gasteiger partial charge < -0.3 is 10.2 Å². The summed E-state index contributed by atoms with van der Waals surface area (Å²) >= 11 is 0. The molecule has 0 aromatic carbocycles. The highest BCUT2D eigenvalue weighted by molar-refractivity contribution is 5.13. The van der Waals surface area contributed by atoms with E-state index in [0.29, 0.717) is 12.6 Å². The summed E-state index contributed by atoms with van der Waals surface area (Å²) in [5.74, 6) is -1.40. The van der Waals surface area contributed by atoms with Crippen molar-refractivity contribution in [1.82, 2.24) is 15.2 Å². The second-order valence-electron chi connectivity index (χ2n) is 3.66. The van der Waals surface area contributed by atoms with Gasteiger partial charge in [-0.15, -0.1) is 0 Å². The average Bonchev–Trinajstić information content (AvgIpc) is 2.35. The highest BCUT2D eigenvalue weighted by atomic mass is 19.1. The SMILES string of the molecule is CCN(Cc1cnc(F)cc1F)/C(=C/[N+](=O)[O-])NC. The molecular weight excluding hydrogens is 258 g/mol. The van der Waals surface area contributed by atoms with Crippen LogP contribution in [0.15, 0.2) is 24.3 Å². The van der Waals surface area contributed by atoms with Crippen LogP contribution in [0, 0.1) is 21.9 Å². The van der Waals surface area contributed by atoms with Crippen molar-refractivity contribution in [1.29, 1.82) is 0 Å². The van der Waals surface area contributed by atoms with Gasteiger partial charge in [-0.3, -0.25) is 10.1 Å². The summed E-state index contributed by atoms with van der Waals surface area (Å²) in [6.07, 6.45) is 1.87. The Labute approximate surface area is 108 Å². The van der Waals surface area contributed by atoms with Crippen LogP contribution in [0.5, 0.6) is 0 Å². The Balaban J connectivity index is 2.95. The zero-order valence-electron chi connectivity index (χ0n) is 10.6. The van der Waals surface area contributed by atoms with Crippen LogP contribution in [0.4, 0.5) is 8.78 Å². The van der Waals surface area contributed by atoms with E-state index in [2.05, 4.69) is 10.3 Å². The average molecular weight is 272 g/mol. The van der Waals surface area contributed by atoms with Crippen LogP contribution < -0.4 is 5.32 Å². The number of aromatic nitrogens is 1.